The summed E-state index contributed by atoms with van der Waals surface area (Å²) < 4.78 is 39.6. The third kappa shape index (κ3) is 6.06. The minimum Gasteiger partial charge on any atom is -0.352 e. The maximum atomic E-state index is 12.6. The summed E-state index contributed by atoms with van der Waals surface area (Å²) in [7, 11) is 1.86. The predicted octanol–water partition coefficient (Wildman–Crippen LogP) is 4.35. The van der Waals surface area contributed by atoms with Gasteiger partial charge in [-0.15, -0.1) is 0 Å². The number of hydrogen-bond acceptors (Lipinski definition) is 4. The number of alkyl halides is 3. The average Bonchev–Trinajstić information content (AvgIpc) is 3.23. The summed E-state index contributed by atoms with van der Waals surface area (Å²) in [6.07, 6.45) is 3.65. The van der Waals surface area contributed by atoms with E-state index in [1.165, 1.54) is 12.1 Å². The van der Waals surface area contributed by atoms with Crippen molar-refractivity contribution in [2.24, 2.45) is 7.05 Å². The number of carbonyl (C=O) groups is 1. The number of aryl methyl sites for hydroxylation is 1. The lowest BCUT2D eigenvalue weighted by Gasteiger charge is -2.09. The SMILES string of the molecule is Cn1cc(Cc2ncc(-c3ccc(CC(=O)NCc4ccc(C(F)(F)F)cc4)cc3)cn2)cn1. The minimum atomic E-state index is -4.37. The molecule has 9 heteroatoms. The molecule has 0 radical (unpaired) electrons. The molecule has 2 aromatic heterocycles. The van der Waals surface area contributed by atoms with Crippen molar-refractivity contribution in [2.75, 3.05) is 0 Å². The number of rotatable bonds is 7. The van der Waals surface area contributed by atoms with E-state index in [-0.39, 0.29) is 18.9 Å². The Hall–Kier alpha value is -4.01. The molecule has 4 aromatic rings. The molecule has 0 aliphatic heterocycles. The Morgan fingerprint density at radius 1 is 0.882 bits per heavy atom. The fourth-order valence-electron chi connectivity index (χ4n) is 3.42. The highest BCUT2D eigenvalue weighted by molar-refractivity contribution is 5.78. The van der Waals surface area contributed by atoms with Gasteiger partial charge in [-0.3, -0.25) is 9.48 Å². The van der Waals surface area contributed by atoms with Gasteiger partial charge in [0.15, 0.2) is 0 Å². The first-order valence-corrected chi connectivity index (χ1v) is 10.6. The summed E-state index contributed by atoms with van der Waals surface area (Å²) >= 11 is 0. The van der Waals surface area contributed by atoms with Gasteiger partial charge in [-0.2, -0.15) is 18.3 Å². The minimum absolute atomic E-state index is 0.164. The molecular formula is C25H22F3N5O. The number of nitrogens with one attached hydrogen (secondary N) is 1. The fourth-order valence-corrected chi connectivity index (χ4v) is 3.42. The number of carbonyl (C=O) groups excluding carboxylic acids is 1. The number of hydrogen-bond donors (Lipinski definition) is 1. The molecule has 0 saturated heterocycles. The molecule has 2 aromatic carbocycles. The summed E-state index contributed by atoms with van der Waals surface area (Å²) in [4.78, 5) is 21.1. The van der Waals surface area contributed by atoms with Gasteiger partial charge in [0.25, 0.3) is 0 Å². The molecule has 1 N–H and O–H groups in total. The molecule has 4 rings (SSSR count). The topological polar surface area (TPSA) is 72.7 Å². The van der Waals surface area contributed by atoms with Crippen LogP contribution in [0, 0.1) is 0 Å². The molecule has 0 saturated carbocycles. The van der Waals surface area contributed by atoms with E-state index >= 15 is 0 Å². The molecule has 0 atom stereocenters. The van der Waals surface area contributed by atoms with Crippen LogP contribution < -0.4 is 5.32 Å². The van der Waals surface area contributed by atoms with E-state index in [2.05, 4.69) is 20.4 Å². The lowest BCUT2D eigenvalue weighted by molar-refractivity contribution is -0.137. The summed E-state index contributed by atoms with van der Waals surface area (Å²) in [5.74, 6) is 0.494. The molecule has 0 fully saturated rings. The smallest absolute Gasteiger partial charge is 0.352 e. The summed E-state index contributed by atoms with van der Waals surface area (Å²) in [6.45, 7) is 0.164. The van der Waals surface area contributed by atoms with Crippen LogP contribution in [0.3, 0.4) is 0 Å². The maximum Gasteiger partial charge on any atom is 0.416 e. The van der Waals surface area contributed by atoms with Crippen LogP contribution in [0.2, 0.25) is 0 Å². The number of nitrogens with zero attached hydrogens (tertiary/aromatic N) is 4. The molecule has 0 spiro atoms. The van der Waals surface area contributed by atoms with Crippen LogP contribution in [-0.2, 0) is 37.4 Å². The van der Waals surface area contributed by atoms with E-state index in [4.69, 9.17) is 0 Å². The maximum absolute atomic E-state index is 12.6. The quantitative estimate of drug-likeness (QED) is 0.441. The predicted molar refractivity (Wildman–Crippen MR) is 120 cm³/mol. The van der Waals surface area contributed by atoms with Gasteiger partial charge in [-0.05, 0) is 34.4 Å². The van der Waals surface area contributed by atoms with Crippen molar-refractivity contribution in [3.8, 4) is 11.1 Å². The van der Waals surface area contributed by atoms with Crippen molar-refractivity contribution in [1.82, 2.24) is 25.1 Å². The van der Waals surface area contributed by atoms with Gasteiger partial charge >= 0.3 is 6.18 Å². The molecule has 0 aliphatic rings. The second-order valence-electron chi connectivity index (χ2n) is 7.93. The van der Waals surface area contributed by atoms with Gasteiger partial charge in [0.05, 0.1) is 18.2 Å². The third-order valence-corrected chi connectivity index (χ3v) is 5.25. The Morgan fingerprint density at radius 2 is 1.53 bits per heavy atom. The van der Waals surface area contributed by atoms with Crippen molar-refractivity contribution in [3.63, 3.8) is 0 Å². The number of halogens is 3. The highest BCUT2D eigenvalue weighted by Crippen LogP contribution is 2.29. The van der Waals surface area contributed by atoms with Gasteiger partial charge in [0, 0.05) is 44.2 Å². The molecule has 34 heavy (non-hydrogen) atoms. The summed E-state index contributed by atoms with van der Waals surface area (Å²) in [5, 5.41) is 6.87. The van der Waals surface area contributed by atoms with E-state index < -0.39 is 11.7 Å². The molecule has 0 unspecified atom stereocenters. The highest BCUT2D eigenvalue weighted by Gasteiger charge is 2.29. The van der Waals surface area contributed by atoms with E-state index in [0.29, 0.717) is 17.8 Å². The molecular weight excluding hydrogens is 443 g/mol. The fraction of sp³-hybridized carbons (Fsp3) is 0.200. The molecule has 0 aliphatic carbocycles. The van der Waals surface area contributed by atoms with E-state index in [1.54, 1.807) is 23.3 Å². The Morgan fingerprint density at radius 3 is 2.12 bits per heavy atom. The zero-order valence-corrected chi connectivity index (χ0v) is 18.4. The molecule has 0 bridgehead atoms. The van der Waals surface area contributed by atoms with E-state index in [1.807, 2.05) is 37.5 Å². The first kappa shape index (κ1) is 23.2. The number of benzene rings is 2. The van der Waals surface area contributed by atoms with Crippen LogP contribution in [0.5, 0.6) is 0 Å². The van der Waals surface area contributed by atoms with Crippen LogP contribution >= 0.6 is 0 Å². The van der Waals surface area contributed by atoms with Crippen molar-refractivity contribution in [1.29, 1.82) is 0 Å². The van der Waals surface area contributed by atoms with Crippen LogP contribution in [0.25, 0.3) is 11.1 Å². The average molecular weight is 465 g/mol. The van der Waals surface area contributed by atoms with Gasteiger partial charge in [0.1, 0.15) is 5.82 Å². The first-order chi connectivity index (χ1) is 16.3. The molecule has 2 heterocycles. The molecule has 174 valence electrons. The van der Waals surface area contributed by atoms with Crippen molar-refractivity contribution >= 4 is 5.91 Å². The lowest BCUT2D eigenvalue weighted by Crippen LogP contribution is -2.24. The number of aromatic nitrogens is 4. The van der Waals surface area contributed by atoms with Crippen LogP contribution in [0.15, 0.2) is 73.3 Å². The third-order valence-electron chi connectivity index (χ3n) is 5.25. The van der Waals surface area contributed by atoms with Crippen molar-refractivity contribution in [3.05, 3.63) is 101 Å². The van der Waals surface area contributed by atoms with E-state index in [0.717, 1.165) is 34.4 Å². The van der Waals surface area contributed by atoms with Gasteiger partial charge < -0.3 is 5.32 Å². The largest absolute Gasteiger partial charge is 0.416 e. The van der Waals surface area contributed by atoms with Gasteiger partial charge in [-0.1, -0.05) is 36.4 Å². The second-order valence-corrected chi connectivity index (χ2v) is 7.93. The van der Waals surface area contributed by atoms with Crippen LogP contribution in [0.4, 0.5) is 13.2 Å². The Bertz CT molecular complexity index is 1250. The zero-order chi connectivity index (χ0) is 24.1. The van der Waals surface area contributed by atoms with Gasteiger partial charge in [0.2, 0.25) is 5.91 Å². The first-order valence-electron chi connectivity index (χ1n) is 10.6. The summed E-state index contributed by atoms with van der Waals surface area (Å²) in [6, 6.07) is 12.3. The van der Waals surface area contributed by atoms with Gasteiger partial charge in [-0.25, -0.2) is 9.97 Å². The normalized spacial score (nSPS) is 11.4. The second kappa shape index (κ2) is 9.86. The van der Waals surface area contributed by atoms with Crippen molar-refractivity contribution in [2.45, 2.75) is 25.6 Å². The Kier molecular flexibility index (Phi) is 6.72. The zero-order valence-electron chi connectivity index (χ0n) is 18.4. The Labute approximate surface area is 194 Å². The monoisotopic (exact) mass is 465 g/mol. The van der Waals surface area contributed by atoms with Crippen LogP contribution in [-0.4, -0.2) is 25.7 Å². The van der Waals surface area contributed by atoms with E-state index in [9.17, 15) is 18.0 Å². The lowest BCUT2D eigenvalue weighted by atomic mass is 10.0. The highest BCUT2D eigenvalue weighted by atomic mass is 19.4. The molecule has 6 nitrogen and oxygen atoms in total. The summed E-state index contributed by atoms with van der Waals surface area (Å²) in [5.41, 5.74) is 3.55. The van der Waals surface area contributed by atoms with Crippen LogP contribution in [0.1, 0.15) is 28.1 Å². The Balaban J connectivity index is 1.29. The standard InChI is InChI=1S/C25H22F3N5O/c1-33-16-19(13-32-33)10-23-29-14-21(15-30-23)20-6-2-17(3-7-20)11-24(34)31-12-18-4-8-22(9-5-18)25(26,27)28/h2-9,13-16H,10-12H2,1H3,(H,31,34). The van der Waals surface area contributed by atoms with Crippen molar-refractivity contribution < 1.29 is 18.0 Å². The number of amides is 1. The molecule has 1 amide bonds.